The molecule has 3 rings (SSSR count). The van der Waals surface area contributed by atoms with Crippen LogP contribution in [-0.4, -0.2) is 67.4 Å². The van der Waals surface area contributed by atoms with Crippen molar-refractivity contribution in [1.82, 2.24) is 14.9 Å². The van der Waals surface area contributed by atoms with Crippen LogP contribution in [0, 0.1) is 5.41 Å². The third-order valence-corrected chi connectivity index (χ3v) is 6.38. The van der Waals surface area contributed by atoms with E-state index in [-0.39, 0.29) is 23.5 Å². The van der Waals surface area contributed by atoms with E-state index < -0.39 is 9.84 Å². The molecule has 138 valence electrons. The van der Waals surface area contributed by atoms with Gasteiger partial charge in [0.1, 0.15) is 16.2 Å². The van der Waals surface area contributed by atoms with Crippen molar-refractivity contribution < 1.29 is 13.2 Å². The van der Waals surface area contributed by atoms with Gasteiger partial charge in [-0.2, -0.15) is 0 Å². The largest absolute Gasteiger partial charge is 0.369 e. The Labute approximate surface area is 149 Å². The number of rotatable bonds is 4. The van der Waals surface area contributed by atoms with Gasteiger partial charge >= 0.3 is 0 Å². The number of carbonyl (C=O) groups excluding carboxylic acids is 1. The number of hydrogen-bond acceptors (Lipinski definition) is 6. The molecule has 0 atom stereocenters. The van der Waals surface area contributed by atoms with E-state index in [1.54, 1.807) is 0 Å². The van der Waals surface area contributed by atoms with Gasteiger partial charge in [0.2, 0.25) is 5.91 Å². The van der Waals surface area contributed by atoms with Crippen LogP contribution >= 0.6 is 0 Å². The van der Waals surface area contributed by atoms with Crippen molar-refractivity contribution in [3.8, 4) is 0 Å². The lowest BCUT2D eigenvalue weighted by molar-refractivity contribution is -0.134. The van der Waals surface area contributed by atoms with Gasteiger partial charge in [-0.15, -0.1) is 0 Å². The first-order valence-corrected chi connectivity index (χ1v) is 10.9. The summed E-state index contributed by atoms with van der Waals surface area (Å²) < 4.78 is 22.6. The first kappa shape index (κ1) is 18.1. The SMILES string of the molecule is CS(=O)(=O)CCC(=O)N1CCCC2(CCN(c3cncnc3)CC2)C1. The van der Waals surface area contributed by atoms with E-state index in [4.69, 9.17) is 0 Å². The van der Waals surface area contributed by atoms with Crippen molar-refractivity contribution in [2.24, 2.45) is 5.41 Å². The number of carbonyl (C=O) groups is 1. The van der Waals surface area contributed by atoms with Gasteiger partial charge in [-0.05, 0) is 31.1 Å². The van der Waals surface area contributed by atoms with Crippen molar-refractivity contribution in [3.05, 3.63) is 18.7 Å². The van der Waals surface area contributed by atoms with Gasteiger partial charge in [0.05, 0.1) is 23.8 Å². The minimum atomic E-state index is -3.10. The van der Waals surface area contributed by atoms with E-state index in [0.29, 0.717) is 0 Å². The molecule has 2 fully saturated rings. The monoisotopic (exact) mass is 366 g/mol. The van der Waals surface area contributed by atoms with Crippen LogP contribution in [0.25, 0.3) is 0 Å². The Kier molecular flexibility index (Phi) is 5.27. The van der Waals surface area contributed by atoms with Crippen LogP contribution in [0.3, 0.4) is 0 Å². The van der Waals surface area contributed by atoms with Crippen LogP contribution in [0.2, 0.25) is 0 Å². The van der Waals surface area contributed by atoms with Gasteiger partial charge in [-0.1, -0.05) is 0 Å². The van der Waals surface area contributed by atoms with Gasteiger partial charge in [0.25, 0.3) is 0 Å². The van der Waals surface area contributed by atoms with Crippen molar-refractivity contribution in [2.45, 2.75) is 32.1 Å². The Bertz CT molecular complexity index is 700. The summed E-state index contributed by atoms with van der Waals surface area (Å²) in [6.45, 7) is 3.40. The highest BCUT2D eigenvalue weighted by atomic mass is 32.2. The summed E-state index contributed by atoms with van der Waals surface area (Å²) in [5.41, 5.74) is 1.22. The van der Waals surface area contributed by atoms with Crippen LogP contribution in [0.5, 0.6) is 0 Å². The third-order valence-electron chi connectivity index (χ3n) is 5.44. The summed E-state index contributed by atoms with van der Waals surface area (Å²) in [4.78, 5) is 24.7. The summed E-state index contributed by atoms with van der Waals surface area (Å²) in [6.07, 6.45) is 10.7. The van der Waals surface area contributed by atoms with Crippen LogP contribution in [0.1, 0.15) is 32.1 Å². The molecule has 0 aliphatic carbocycles. The van der Waals surface area contributed by atoms with Gasteiger partial charge in [0.15, 0.2) is 0 Å². The molecular formula is C17H26N4O3S. The highest BCUT2D eigenvalue weighted by Gasteiger charge is 2.39. The number of likely N-dealkylation sites (tertiary alicyclic amines) is 1. The molecule has 25 heavy (non-hydrogen) atoms. The molecule has 2 aliphatic rings. The van der Waals surface area contributed by atoms with Gasteiger partial charge in [-0.3, -0.25) is 4.79 Å². The average Bonchev–Trinajstić information content (AvgIpc) is 2.60. The fourth-order valence-electron chi connectivity index (χ4n) is 3.95. The topological polar surface area (TPSA) is 83.5 Å². The lowest BCUT2D eigenvalue weighted by Gasteiger charge is -2.48. The summed E-state index contributed by atoms with van der Waals surface area (Å²) in [5, 5.41) is 0. The van der Waals surface area contributed by atoms with E-state index in [2.05, 4.69) is 14.9 Å². The molecule has 0 N–H and O–H groups in total. The molecule has 0 bridgehead atoms. The molecule has 0 unspecified atom stereocenters. The molecule has 3 heterocycles. The van der Waals surface area contributed by atoms with Gasteiger partial charge < -0.3 is 9.80 Å². The molecule has 2 aliphatic heterocycles. The normalized spacial score (nSPS) is 20.7. The Morgan fingerprint density at radius 1 is 1.16 bits per heavy atom. The molecule has 1 amide bonds. The second kappa shape index (κ2) is 7.27. The van der Waals surface area contributed by atoms with Gasteiger partial charge in [0, 0.05) is 38.9 Å². The number of sulfone groups is 1. The molecule has 0 saturated carbocycles. The molecule has 0 radical (unpaired) electrons. The molecule has 7 nitrogen and oxygen atoms in total. The first-order chi connectivity index (χ1) is 11.9. The van der Waals surface area contributed by atoms with Crippen molar-refractivity contribution in [1.29, 1.82) is 0 Å². The second-order valence-corrected chi connectivity index (χ2v) is 9.64. The summed E-state index contributed by atoms with van der Waals surface area (Å²) in [7, 11) is -3.10. The van der Waals surface area contributed by atoms with Gasteiger partial charge in [-0.25, -0.2) is 18.4 Å². The number of amides is 1. The molecule has 1 aromatic heterocycles. The van der Waals surface area contributed by atoms with Crippen LogP contribution < -0.4 is 4.90 Å². The number of piperidine rings is 2. The fourth-order valence-corrected chi connectivity index (χ4v) is 4.50. The number of nitrogens with zero attached hydrogens (tertiary/aromatic N) is 4. The molecule has 0 aromatic carbocycles. The molecule has 1 aromatic rings. The quantitative estimate of drug-likeness (QED) is 0.794. The predicted molar refractivity (Wildman–Crippen MR) is 96.1 cm³/mol. The summed E-state index contributed by atoms with van der Waals surface area (Å²) >= 11 is 0. The minimum absolute atomic E-state index is 0.0246. The molecule has 8 heteroatoms. The standard InChI is InChI=1S/C17H26N4O3S/c1-25(23,24)10-3-16(22)21-7-2-4-17(13-21)5-8-20(9-6-17)15-11-18-14-19-12-15/h11-12,14H,2-10,13H2,1H3. The first-order valence-electron chi connectivity index (χ1n) is 8.82. The Hall–Kier alpha value is -1.70. The summed E-state index contributed by atoms with van der Waals surface area (Å²) in [6, 6.07) is 0. The van der Waals surface area contributed by atoms with Crippen molar-refractivity contribution in [3.63, 3.8) is 0 Å². The van der Waals surface area contributed by atoms with Crippen molar-refractivity contribution in [2.75, 3.05) is 43.1 Å². The zero-order chi connectivity index (χ0) is 17.9. The predicted octanol–water partition coefficient (Wildman–Crippen LogP) is 1.12. The zero-order valence-corrected chi connectivity index (χ0v) is 15.5. The average molecular weight is 366 g/mol. The van der Waals surface area contributed by atoms with Crippen LogP contribution in [0.15, 0.2) is 18.7 Å². The third kappa shape index (κ3) is 4.68. The zero-order valence-electron chi connectivity index (χ0n) is 14.7. The fraction of sp³-hybridized carbons (Fsp3) is 0.706. The second-order valence-electron chi connectivity index (χ2n) is 7.38. The lowest BCUT2D eigenvalue weighted by atomic mass is 9.72. The van der Waals surface area contributed by atoms with E-state index in [9.17, 15) is 13.2 Å². The summed E-state index contributed by atoms with van der Waals surface area (Å²) in [5.74, 6) is -0.0831. The highest BCUT2D eigenvalue weighted by molar-refractivity contribution is 7.90. The Balaban J connectivity index is 1.57. The number of aromatic nitrogens is 2. The Morgan fingerprint density at radius 3 is 2.48 bits per heavy atom. The number of anilines is 1. The van der Waals surface area contributed by atoms with E-state index >= 15 is 0 Å². The Morgan fingerprint density at radius 2 is 1.84 bits per heavy atom. The smallest absolute Gasteiger partial charge is 0.223 e. The highest BCUT2D eigenvalue weighted by Crippen LogP contribution is 2.40. The van der Waals surface area contributed by atoms with E-state index in [0.717, 1.165) is 57.5 Å². The lowest BCUT2D eigenvalue weighted by Crippen LogP contribution is -2.51. The van der Waals surface area contributed by atoms with Crippen LogP contribution in [0.4, 0.5) is 5.69 Å². The molecular weight excluding hydrogens is 340 g/mol. The minimum Gasteiger partial charge on any atom is -0.369 e. The maximum absolute atomic E-state index is 12.4. The van der Waals surface area contributed by atoms with Crippen LogP contribution in [-0.2, 0) is 14.6 Å². The van der Waals surface area contributed by atoms with E-state index in [1.807, 2.05) is 17.3 Å². The maximum Gasteiger partial charge on any atom is 0.223 e. The van der Waals surface area contributed by atoms with E-state index in [1.165, 1.54) is 12.6 Å². The molecule has 2 saturated heterocycles. The number of hydrogen-bond donors (Lipinski definition) is 0. The van der Waals surface area contributed by atoms with Crippen molar-refractivity contribution >= 4 is 21.4 Å². The molecule has 1 spiro atoms. The maximum atomic E-state index is 12.4.